The van der Waals surface area contributed by atoms with E-state index in [-0.39, 0.29) is 0 Å². The number of carbonyl (C=O) groups excluding carboxylic acids is 1. The highest BCUT2D eigenvalue weighted by Gasteiger charge is 2.46. The summed E-state index contributed by atoms with van der Waals surface area (Å²) in [5.41, 5.74) is 0.560. The minimum absolute atomic E-state index is 0.529. The van der Waals surface area contributed by atoms with Crippen molar-refractivity contribution in [2.75, 3.05) is 0 Å². The third-order valence-electron chi connectivity index (χ3n) is 2.12. The summed E-state index contributed by atoms with van der Waals surface area (Å²) in [6, 6.07) is 4.67. The van der Waals surface area contributed by atoms with Gasteiger partial charge in [-0.1, -0.05) is 24.8 Å². The van der Waals surface area contributed by atoms with Crippen molar-refractivity contribution in [3.8, 4) is 0 Å². The van der Waals surface area contributed by atoms with Gasteiger partial charge in [-0.2, -0.15) is 26.0 Å². The molecule has 1 aromatic carbocycles. The number of nitrogens with two attached hydrogens (primary N) is 1. The van der Waals surface area contributed by atoms with E-state index >= 15 is 0 Å². The monoisotopic (exact) mass is 294 g/mol. The van der Waals surface area contributed by atoms with Gasteiger partial charge >= 0.3 is 12.1 Å². The molecule has 0 fully saturated rings. The van der Waals surface area contributed by atoms with Crippen LogP contribution in [0.3, 0.4) is 0 Å². The molecule has 1 amide bonds. The lowest BCUT2D eigenvalue weighted by Gasteiger charge is -2.18. The van der Waals surface area contributed by atoms with E-state index in [1.54, 1.807) is 0 Å². The van der Waals surface area contributed by atoms with Crippen LogP contribution in [-0.2, 0) is 14.8 Å². The van der Waals surface area contributed by atoms with Crippen LogP contribution in [0.1, 0.15) is 5.56 Å². The lowest BCUT2D eigenvalue weighted by molar-refractivity contribution is -0.180. The Labute approximate surface area is 107 Å². The fourth-order valence-electron chi connectivity index (χ4n) is 1.12. The predicted octanol–water partition coefficient (Wildman–Crippen LogP) is 1.28. The van der Waals surface area contributed by atoms with E-state index in [9.17, 15) is 26.4 Å². The van der Waals surface area contributed by atoms with Gasteiger partial charge in [0.05, 0.1) is 4.90 Å². The number of carbonyl (C=O) groups is 1. The molecular formula is C10H9F3N2O3S. The molecule has 0 bridgehead atoms. The number of nitrogens with zero attached hydrogens (tertiary/aromatic N) is 1. The van der Waals surface area contributed by atoms with Crippen LogP contribution in [0.25, 0.3) is 6.08 Å². The van der Waals surface area contributed by atoms with Crippen LogP contribution in [0.4, 0.5) is 13.2 Å². The van der Waals surface area contributed by atoms with Crippen molar-refractivity contribution in [1.29, 1.82) is 0 Å². The molecule has 1 rings (SSSR count). The SMILES string of the molecule is C=Cc1ccc(S(=O)(=O)N(N)C(=O)C(F)(F)F)cc1. The lowest BCUT2D eigenvalue weighted by atomic mass is 10.2. The van der Waals surface area contributed by atoms with Gasteiger partial charge in [0.25, 0.3) is 10.0 Å². The summed E-state index contributed by atoms with van der Waals surface area (Å²) in [7, 11) is -4.74. The standard InChI is InChI=1S/C10H9F3N2O3S/c1-2-7-3-5-8(6-4-7)19(17,18)15(14)9(16)10(11,12)13/h2-6H,1,14H2. The summed E-state index contributed by atoms with van der Waals surface area (Å²) in [5.74, 6) is 2.07. The van der Waals surface area contributed by atoms with E-state index in [0.29, 0.717) is 5.56 Å². The molecular weight excluding hydrogens is 285 g/mol. The Hall–Kier alpha value is -1.87. The number of hydrazine groups is 1. The molecule has 5 nitrogen and oxygen atoms in total. The Morgan fingerprint density at radius 1 is 1.26 bits per heavy atom. The van der Waals surface area contributed by atoms with Gasteiger partial charge in [-0.05, 0) is 17.7 Å². The normalized spacial score (nSPS) is 12.0. The minimum Gasteiger partial charge on any atom is -0.262 e. The van der Waals surface area contributed by atoms with Crippen molar-refractivity contribution < 1.29 is 26.4 Å². The summed E-state index contributed by atoms with van der Waals surface area (Å²) < 4.78 is 58.9. The first-order valence-corrected chi connectivity index (χ1v) is 6.18. The van der Waals surface area contributed by atoms with Gasteiger partial charge in [0.15, 0.2) is 0 Å². The van der Waals surface area contributed by atoms with Crippen molar-refractivity contribution in [2.45, 2.75) is 11.1 Å². The van der Waals surface area contributed by atoms with E-state index in [2.05, 4.69) is 6.58 Å². The van der Waals surface area contributed by atoms with Crippen molar-refractivity contribution in [1.82, 2.24) is 4.41 Å². The first-order chi connectivity index (χ1) is 8.60. The third kappa shape index (κ3) is 3.12. The van der Waals surface area contributed by atoms with Gasteiger partial charge in [0.2, 0.25) is 0 Å². The number of hydrogen-bond acceptors (Lipinski definition) is 4. The zero-order valence-corrected chi connectivity index (χ0v) is 10.2. The Balaban J connectivity index is 3.16. The van der Waals surface area contributed by atoms with Gasteiger partial charge < -0.3 is 0 Å². The summed E-state index contributed by atoms with van der Waals surface area (Å²) in [6.45, 7) is 3.43. The van der Waals surface area contributed by atoms with Gasteiger partial charge in [-0.25, -0.2) is 5.84 Å². The molecule has 0 spiro atoms. The van der Waals surface area contributed by atoms with Crippen molar-refractivity contribution in [3.05, 3.63) is 36.4 Å². The number of amides is 1. The molecule has 0 atom stereocenters. The highest BCUT2D eigenvalue weighted by atomic mass is 32.2. The zero-order chi connectivity index (χ0) is 14.8. The second kappa shape index (κ2) is 5.02. The number of sulfonamides is 1. The molecule has 9 heteroatoms. The highest BCUT2D eigenvalue weighted by molar-refractivity contribution is 7.89. The molecule has 0 saturated heterocycles. The Kier molecular flexibility index (Phi) is 4.01. The average Bonchev–Trinajstić information content (AvgIpc) is 2.35. The molecule has 0 unspecified atom stereocenters. The maximum Gasteiger partial charge on any atom is 0.473 e. The molecule has 2 N–H and O–H groups in total. The summed E-state index contributed by atoms with van der Waals surface area (Å²) >= 11 is 0. The molecule has 1 aromatic rings. The van der Waals surface area contributed by atoms with Gasteiger partial charge in [0, 0.05) is 0 Å². The van der Waals surface area contributed by atoms with E-state index in [1.807, 2.05) is 0 Å². The van der Waals surface area contributed by atoms with Crippen LogP contribution in [0.15, 0.2) is 35.7 Å². The fourth-order valence-corrected chi connectivity index (χ4v) is 2.15. The summed E-state index contributed by atoms with van der Waals surface area (Å²) in [4.78, 5) is 10.3. The van der Waals surface area contributed by atoms with E-state index in [1.165, 1.54) is 18.2 Å². The van der Waals surface area contributed by atoms with Crippen LogP contribution in [0.5, 0.6) is 0 Å². The average molecular weight is 294 g/mol. The predicted molar refractivity (Wildman–Crippen MR) is 60.8 cm³/mol. The quantitative estimate of drug-likeness (QED) is 0.517. The van der Waals surface area contributed by atoms with E-state index < -0.39 is 31.4 Å². The molecule has 104 valence electrons. The number of benzene rings is 1. The molecule has 0 heterocycles. The van der Waals surface area contributed by atoms with E-state index in [0.717, 1.165) is 12.1 Å². The Bertz CT molecular complexity index is 593. The molecule has 0 aliphatic rings. The van der Waals surface area contributed by atoms with Crippen LogP contribution >= 0.6 is 0 Å². The summed E-state index contributed by atoms with van der Waals surface area (Å²) in [6.07, 6.45) is -3.96. The van der Waals surface area contributed by atoms with E-state index in [4.69, 9.17) is 5.84 Å². The van der Waals surface area contributed by atoms with Crippen LogP contribution < -0.4 is 5.84 Å². The molecule has 19 heavy (non-hydrogen) atoms. The highest BCUT2D eigenvalue weighted by Crippen LogP contribution is 2.22. The smallest absolute Gasteiger partial charge is 0.262 e. The molecule has 0 aliphatic carbocycles. The third-order valence-corrected chi connectivity index (χ3v) is 3.67. The zero-order valence-electron chi connectivity index (χ0n) is 9.39. The Morgan fingerprint density at radius 2 is 1.74 bits per heavy atom. The van der Waals surface area contributed by atoms with Gasteiger partial charge in [0.1, 0.15) is 0 Å². The largest absolute Gasteiger partial charge is 0.473 e. The summed E-state index contributed by atoms with van der Waals surface area (Å²) in [5, 5.41) is 0. The van der Waals surface area contributed by atoms with Crippen LogP contribution in [-0.4, -0.2) is 24.9 Å². The first kappa shape index (κ1) is 15.2. The van der Waals surface area contributed by atoms with Crippen LogP contribution in [0, 0.1) is 0 Å². The number of alkyl halides is 3. The maximum absolute atomic E-state index is 12.1. The van der Waals surface area contributed by atoms with Gasteiger partial charge in [-0.3, -0.25) is 4.79 Å². The first-order valence-electron chi connectivity index (χ1n) is 4.74. The van der Waals surface area contributed by atoms with Crippen molar-refractivity contribution in [2.24, 2.45) is 5.84 Å². The van der Waals surface area contributed by atoms with Crippen LogP contribution in [0.2, 0.25) is 0 Å². The molecule has 0 radical (unpaired) electrons. The Morgan fingerprint density at radius 3 is 2.11 bits per heavy atom. The molecule has 0 aliphatic heterocycles. The second-order valence-electron chi connectivity index (χ2n) is 3.38. The minimum atomic E-state index is -5.37. The number of rotatable bonds is 3. The van der Waals surface area contributed by atoms with Crippen molar-refractivity contribution >= 4 is 22.0 Å². The molecule has 0 aromatic heterocycles. The topological polar surface area (TPSA) is 80.5 Å². The fraction of sp³-hybridized carbons (Fsp3) is 0.100. The number of halogens is 3. The maximum atomic E-state index is 12.1. The van der Waals surface area contributed by atoms with Crippen molar-refractivity contribution in [3.63, 3.8) is 0 Å². The molecule has 0 saturated carbocycles. The number of hydrogen-bond donors (Lipinski definition) is 1. The second-order valence-corrected chi connectivity index (χ2v) is 5.19. The van der Waals surface area contributed by atoms with Gasteiger partial charge in [-0.15, -0.1) is 0 Å². The lowest BCUT2D eigenvalue weighted by Crippen LogP contribution is -2.48.